The number of rotatable bonds is 3. The van der Waals surface area contributed by atoms with Crippen molar-refractivity contribution in [3.8, 4) is 0 Å². The zero-order valence-corrected chi connectivity index (χ0v) is 13.6. The maximum Gasteiger partial charge on any atom is 0.407 e. The number of hydrogen-bond donors (Lipinski definition) is 2. The van der Waals surface area contributed by atoms with Gasteiger partial charge < -0.3 is 15.4 Å². The summed E-state index contributed by atoms with van der Waals surface area (Å²) in [6.07, 6.45) is 1.15. The van der Waals surface area contributed by atoms with E-state index in [0.717, 1.165) is 18.4 Å². The van der Waals surface area contributed by atoms with Gasteiger partial charge in [0.1, 0.15) is 6.61 Å². The first-order valence-electron chi connectivity index (χ1n) is 7.05. The Bertz CT molecular complexity index is 537. The van der Waals surface area contributed by atoms with E-state index in [1.54, 1.807) is 0 Å². The molecule has 0 radical (unpaired) electrons. The highest BCUT2D eigenvalue weighted by atomic mass is 127. The predicted octanol–water partition coefficient (Wildman–Crippen LogP) is 1.99. The minimum Gasteiger partial charge on any atom is -0.445 e. The number of amides is 2. The second kappa shape index (κ2) is 6.21. The van der Waals surface area contributed by atoms with Crippen molar-refractivity contribution in [1.82, 2.24) is 10.6 Å². The lowest BCUT2D eigenvalue weighted by atomic mass is 9.85. The largest absolute Gasteiger partial charge is 0.445 e. The van der Waals surface area contributed by atoms with E-state index in [1.165, 1.54) is 0 Å². The van der Waals surface area contributed by atoms with Crippen LogP contribution in [0.4, 0.5) is 4.79 Å². The highest BCUT2D eigenvalue weighted by Crippen LogP contribution is 2.34. The molecule has 1 aliphatic heterocycles. The van der Waals surface area contributed by atoms with Crippen LogP contribution < -0.4 is 10.6 Å². The normalized spacial score (nSPS) is 30.6. The van der Waals surface area contributed by atoms with Crippen molar-refractivity contribution < 1.29 is 14.3 Å². The standard InChI is InChI=1S/C15H17IN2O3/c16-11-7-12(10-6-13(11)17-14(10)19)18-15(20)21-8-9-4-2-1-3-5-9/h1-5,10-13H,6-8H2,(H,17,19)(H,18,20)/t10-,11+,12+,13+/m1/s1. The maximum absolute atomic E-state index is 11.9. The van der Waals surface area contributed by atoms with Gasteiger partial charge in [-0.25, -0.2) is 4.79 Å². The van der Waals surface area contributed by atoms with Crippen molar-refractivity contribution in [2.24, 2.45) is 5.92 Å². The molecule has 1 heterocycles. The number of nitrogens with one attached hydrogen (secondary N) is 2. The fourth-order valence-corrected chi connectivity index (χ4v) is 3.98. The molecule has 0 unspecified atom stereocenters. The minimum atomic E-state index is -0.453. The Balaban J connectivity index is 1.54. The van der Waals surface area contributed by atoms with Gasteiger partial charge in [0.15, 0.2) is 0 Å². The molecule has 4 atom stereocenters. The Morgan fingerprint density at radius 3 is 2.86 bits per heavy atom. The zero-order valence-electron chi connectivity index (χ0n) is 11.4. The van der Waals surface area contributed by atoms with Gasteiger partial charge in [0, 0.05) is 16.0 Å². The van der Waals surface area contributed by atoms with Gasteiger partial charge in [-0.15, -0.1) is 0 Å². The maximum atomic E-state index is 11.9. The van der Waals surface area contributed by atoms with E-state index in [-0.39, 0.29) is 30.5 Å². The van der Waals surface area contributed by atoms with Gasteiger partial charge in [-0.1, -0.05) is 52.9 Å². The number of alkyl halides is 1. The summed E-state index contributed by atoms with van der Waals surface area (Å²) in [5.74, 6) is -0.0715. The fourth-order valence-electron chi connectivity index (χ4n) is 2.96. The molecule has 2 bridgehead atoms. The summed E-state index contributed by atoms with van der Waals surface area (Å²) in [6.45, 7) is 0.243. The van der Waals surface area contributed by atoms with Crippen LogP contribution in [-0.2, 0) is 16.1 Å². The molecule has 0 spiro atoms. The van der Waals surface area contributed by atoms with Crippen molar-refractivity contribution >= 4 is 34.6 Å². The third-order valence-corrected chi connectivity index (χ3v) is 5.47. The molecule has 0 aromatic heterocycles. The monoisotopic (exact) mass is 400 g/mol. The molecule has 1 aromatic rings. The zero-order chi connectivity index (χ0) is 14.8. The van der Waals surface area contributed by atoms with Crippen LogP contribution in [0.25, 0.3) is 0 Å². The van der Waals surface area contributed by atoms with Crippen LogP contribution in [0, 0.1) is 5.92 Å². The Morgan fingerprint density at radius 2 is 2.10 bits per heavy atom. The van der Waals surface area contributed by atoms with Crippen LogP contribution in [0.5, 0.6) is 0 Å². The molecule has 2 aliphatic rings. The number of fused-ring (bicyclic) bond motifs is 2. The highest BCUT2D eigenvalue weighted by Gasteiger charge is 2.46. The van der Waals surface area contributed by atoms with E-state index in [4.69, 9.17) is 4.74 Å². The van der Waals surface area contributed by atoms with E-state index in [2.05, 4.69) is 33.2 Å². The summed E-state index contributed by atoms with van der Waals surface area (Å²) < 4.78 is 5.58. The SMILES string of the molecule is O=C(N[C@H]1C[C@H](I)[C@@H]2C[C@H]1C(=O)N2)OCc1ccccc1. The Morgan fingerprint density at radius 1 is 1.33 bits per heavy atom. The number of carbonyl (C=O) groups excluding carboxylic acids is 2. The first-order valence-corrected chi connectivity index (χ1v) is 8.29. The molecule has 2 N–H and O–H groups in total. The molecule has 2 fully saturated rings. The smallest absolute Gasteiger partial charge is 0.407 e. The molecule has 2 amide bonds. The van der Waals surface area contributed by atoms with E-state index in [9.17, 15) is 9.59 Å². The molecule has 21 heavy (non-hydrogen) atoms. The first kappa shape index (κ1) is 14.6. The van der Waals surface area contributed by atoms with E-state index < -0.39 is 6.09 Å². The Hall–Kier alpha value is -1.31. The topological polar surface area (TPSA) is 67.4 Å². The third kappa shape index (κ3) is 3.30. The molecule has 5 nitrogen and oxygen atoms in total. The highest BCUT2D eigenvalue weighted by molar-refractivity contribution is 14.1. The van der Waals surface area contributed by atoms with Crippen LogP contribution >= 0.6 is 22.6 Å². The van der Waals surface area contributed by atoms with Gasteiger partial charge in [-0.2, -0.15) is 0 Å². The fraction of sp³-hybridized carbons (Fsp3) is 0.467. The summed E-state index contributed by atoms with van der Waals surface area (Å²) >= 11 is 2.34. The second-order valence-corrected chi connectivity index (χ2v) is 7.12. The quantitative estimate of drug-likeness (QED) is 0.603. The summed E-state index contributed by atoms with van der Waals surface area (Å²) in [6, 6.07) is 9.66. The Kier molecular flexibility index (Phi) is 4.32. The third-order valence-electron chi connectivity index (χ3n) is 4.09. The molecule has 1 aliphatic carbocycles. The van der Waals surface area contributed by atoms with Crippen molar-refractivity contribution in [2.75, 3.05) is 0 Å². The van der Waals surface area contributed by atoms with Crippen molar-refractivity contribution in [2.45, 2.75) is 35.5 Å². The number of alkyl carbamates (subject to hydrolysis) is 1. The minimum absolute atomic E-state index is 0.0486. The lowest BCUT2D eigenvalue weighted by molar-refractivity contribution is -0.123. The number of ether oxygens (including phenoxy) is 1. The summed E-state index contributed by atoms with van der Waals surface area (Å²) in [4.78, 5) is 23.8. The number of benzene rings is 1. The van der Waals surface area contributed by atoms with Crippen molar-refractivity contribution in [3.05, 3.63) is 35.9 Å². The van der Waals surface area contributed by atoms with Crippen molar-refractivity contribution in [3.63, 3.8) is 0 Å². The van der Waals surface area contributed by atoms with Gasteiger partial charge in [0.2, 0.25) is 5.91 Å². The van der Waals surface area contributed by atoms with Crippen LogP contribution in [0.1, 0.15) is 18.4 Å². The van der Waals surface area contributed by atoms with E-state index in [1.807, 2.05) is 30.3 Å². The lowest BCUT2D eigenvalue weighted by Crippen LogP contribution is -2.46. The average Bonchev–Trinajstić information content (AvgIpc) is 2.83. The number of halogens is 1. The predicted molar refractivity (Wildman–Crippen MR) is 86.0 cm³/mol. The van der Waals surface area contributed by atoms with Crippen LogP contribution in [-0.4, -0.2) is 28.0 Å². The Labute approximate surface area is 137 Å². The summed E-state index contributed by atoms with van der Waals surface area (Å²) in [5.41, 5.74) is 0.946. The van der Waals surface area contributed by atoms with Gasteiger partial charge >= 0.3 is 6.09 Å². The second-order valence-electron chi connectivity index (χ2n) is 5.52. The molecule has 3 rings (SSSR count). The molecule has 112 valence electrons. The van der Waals surface area contributed by atoms with Gasteiger partial charge in [-0.3, -0.25) is 4.79 Å². The van der Waals surface area contributed by atoms with Gasteiger partial charge in [0.25, 0.3) is 0 Å². The summed E-state index contributed by atoms with van der Waals surface area (Å²) in [5, 5.41) is 5.84. The first-order chi connectivity index (χ1) is 10.1. The van der Waals surface area contributed by atoms with Gasteiger partial charge in [-0.05, 0) is 18.4 Å². The molecular formula is C15H17IN2O3. The van der Waals surface area contributed by atoms with Gasteiger partial charge in [0.05, 0.1) is 5.92 Å². The van der Waals surface area contributed by atoms with Crippen LogP contribution in [0.2, 0.25) is 0 Å². The molecule has 1 saturated carbocycles. The number of carbonyl (C=O) groups is 2. The lowest BCUT2D eigenvalue weighted by Gasteiger charge is -2.30. The van der Waals surface area contributed by atoms with E-state index in [0.29, 0.717) is 3.92 Å². The average molecular weight is 400 g/mol. The van der Waals surface area contributed by atoms with Crippen LogP contribution in [0.3, 0.4) is 0 Å². The molecule has 1 saturated heterocycles. The van der Waals surface area contributed by atoms with Crippen LogP contribution in [0.15, 0.2) is 30.3 Å². The summed E-state index contributed by atoms with van der Waals surface area (Å²) in [7, 11) is 0. The van der Waals surface area contributed by atoms with E-state index >= 15 is 0 Å². The number of hydrogen-bond acceptors (Lipinski definition) is 3. The molecule has 1 aromatic carbocycles. The van der Waals surface area contributed by atoms with Crippen molar-refractivity contribution in [1.29, 1.82) is 0 Å². The molecule has 6 heteroatoms. The molecular weight excluding hydrogens is 383 g/mol.